The molecule has 218 valence electrons. The number of pyridine rings is 2. The summed E-state index contributed by atoms with van der Waals surface area (Å²) in [6.45, 7) is 5.09. The number of aromatic nitrogens is 2. The molecule has 2 unspecified atom stereocenters. The van der Waals surface area contributed by atoms with Crippen molar-refractivity contribution in [2.24, 2.45) is 0 Å². The summed E-state index contributed by atoms with van der Waals surface area (Å²) in [4.78, 5) is 44.1. The zero-order valence-corrected chi connectivity index (χ0v) is 23.8. The Balaban J connectivity index is 1.33. The van der Waals surface area contributed by atoms with Crippen LogP contribution in [0.3, 0.4) is 0 Å². The summed E-state index contributed by atoms with van der Waals surface area (Å²) in [7, 11) is 0. The van der Waals surface area contributed by atoms with Gasteiger partial charge in [0.15, 0.2) is 0 Å². The molecule has 0 bridgehead atoms. The molecule has 1 aliphatic heterocycles. The van der Waals surface area contributed by atoms with Gasteiger partial charge >= 0.3 is 5.97 Å². The lowest BCUT2D eigenvalue weighted by Gasteiger charge is -2.25. The van der Waals surface area contributed by atoms with Gasteiger partial charge in [0.05, 0.1) is 5.92 Å². The van der Waals surface area contributed by atoms with E-state index in [1.54, 1.807) is 23.8 Å². The molecule has 3 N–H and O–H groups in total. The van der Waals surface area contributed by atoms with E-state index in [1.807, 2.05) is 36.4 Å². The van der Waals surface area contributed by atoms with Crippen LogP contribution in [0.1, 0.15) is 55.3 Å². The van der Waals surface area contributed by atoms with Crippen LogP contribution in [-0.2, 0) is 29.0 Å². The third-order valence-corrected chi connectivity index (χ3v) is 7.71. The van der Waals surface area contributed by atoms with Crippen LogP contribution in [0.4, 0.5) is 5.82 Å². The van der Waals surface area contributed by atoms with Crippen LogP contribution in [0.15, 0.2) is 71.7 Å². The Kier molecular flexibility index (Phi) is 11.1. The van der Waals surface area contributed by atoms with Crippen molar-refractivity contribution < 1.29 is 14.7 Å². The zero-order chi connectivity index (χ0) is 29.0. The molecule has 3 heterocycles. The molecular formula is C32H41N5O4. The number of anilines is 1. The number of nitrogens with one attached hydrogen (secondary N) is 2. The van der Waals surface area contributed by atoms with Gasteiger partial charge in [-0.3, -0.25) is 9.59 Å². The number of hydrogen-bond donors (Lipinski definition) is 3. The number of carboxylic acids is 1. The first kappa shape index (κ1) is 30.0. The molecule has 2 atom stereocenters. The summed E-state index contributed by atoms with van der Waals surface area (Å²) in [6, 6.07) is 17.7. The third kappa shape index (κ3) is 9.01. The number of carbonyl (C=O) groups is 2. The minimum Gasteiger partial charge on any atom is -0.480 e. The lowest BCUT2D eigenvalue weighted by molar-refractivity contribution is -0.142. The summed E-state index contributed by atoms with van der Waals surface area (Å²) in [5.41, 5.74) is 3.13. The molecule has 0 aliphatic carbocycles. The fraction of sp³-hybridized carbons (Fsp3) is 0.438. The highest BCUT2D eigenvalue weighted by Gasteiger charge is 2.24. The molecule has 0 spiro atoms. The molecule has 41 heavy (non-hydrogen) atoms. The Morgan fingerprint density at radius 2 is 1.85 bits per heavy atom. The topological polar surface area (TPSA) is 117 Å². The van der Waals surface area contributed by atoms with Crippen molar-refractivity contribution in [3.8, 4) is 0 Å². The first-order valence-electron chi connectivity index (χ1n) is 14.6. The van der Waals surface area contributed by atoms with E-state index in [4.69, 9.17) is 4.98 Å². The second-order valence-electron chi connectivity index (χ2n) is 10.7. The number of benzene rings is 1. The maximum Gasteiger partial charge on any atom is 0.326 e. The van der Waals surface area contributed by atoms with Crippen molar-refractivity contribution >= 4 is 17.7 Å². The average molecular weight is 560 g/mol. The van der Waals surface area contributed by atoms with E-state index in [1.165, 1.54) is 11.6 Å². The van der Waals surface area contributed by atoms with Crippen LogP contribution in [0.2, 0.25) is 0 Å². The second-order valence-corrected chi connectivity index (χ2v) is 10.7. The van der Waals surface area contributed by atoms with Gasteiger partial charge in [0.2, 0.25) is 5.91 Å². The number of unbranched alkanes of at least 4 members (excludes halogenated alkanes) is 1. The van der Waals surface area contributed by atoms with Gasteiger partial charge in [-0.2, -0.15) is 0 Å². The number of nitrogens with zero attached hydrogens (tertiary/aromatic N) is 3. The Bertz CT molecular complexity index is 1340. The number of aryl methyl sites for hydroxylation is 2. The number of carboxylic acid groups (broad SMARTS) is 1. The van der Waals surface area contributed by atoms with Crippen LogP contribution >= 0.6 is 0 Å². The zero-order valence-electron chi connectivity index (χ0n) is 23.8. The predicted molar refractivity (Wildman–Crippen MR) is 160 cm³/mol. The minimum atomic E-state index is -1.05. The van der Waals surface area contributed by atoms with Gasteiger partial charge in [-0.05, 0) is 75.3 Å². The Morgan fingerprint density at radius 1 is 1.05 bits per heavy atom. The fourth-order valence-electron chi connectivity index (χ4n) is 5.14. The lowest BCUT2D eigenvalue weighted by atomic mass is 10.00. The predicted octanol–water partition coefficient (Wildman–Crippen LogP) is 3.69. The smallest absolute Gasteiger partial charge is 0.326 e. The summed E-state index contributed by atoms with van der Waals surface area (Å²) in [5, 5.41) is 16.0. The van der Waals surface area contributed by atoms with Gasteiger partial charge in [-0.25, -0.2) is 9.78 Å². The first-order chi connectivity index (χ1) is 19.9. The number of hydrogen-bond acceptors (Lipinski definition) is 6. The maximum absolute atomic E-state index is 12.8. The summed E-state index contributed by atoms with van der Waals surface area (Å²) < 4.78 is 1.66. The molecule has 9 heteroatoms. The minimum absolute atomic E-state index is 0.0647. The van der Waals surface area contributed by atoms with E-state index >= 15 is 0 Å². The lowest BCUT2D eigenvalue weighted by Crippen LogP contribution is -2.45. The normalized spacial score (nSPS) is 14.1. The van der Waals surface area contributed by atoms with Crippen molar-refractivity contribution in [1.82, 2.24) is 19.8 Å². The van der Waals surface area contributed by atoms with Crippen molar-refractivity contribution in [1.29, 1.82) is 0 Å². The molecular weight excluding hydrogens is 518 g/mol. The SMILES string of the molecule is CC(C(=O)NC(CCN(CCCCc1ccc2c(n1)NCCC2)CCn1ccccc1=O)C(=O)O)c1ccccc1. The Hall–Kier alpha value is -3.98. The van der Waals surface area contributed by atoms with Gasteiger partial charge < -0.3 is 25.2 Å². The molecule has 1 amide bonds. The van der Waals surface area contributed by atoms with Gasteiger partial charge in [0.25, 0.3) is 5.56 Å². The van der Waals surface area contributed by atoms with E-state index in [0.717, 1.165) is 62.3 Å². The second kappa shape index (κ2) is 15.1. The van der Waals surface area contributed by atoms with E-state index in [2.05, 4.69) is 27.7 Å². The molecule has 3 aromatic rings. The molecule has 9 nitrogen and oxygen atoms in total. The number of fused-ring (bicyclic) bond motifs is 1. The molecule has 4 rings (SSSR count). The Morgan fingerprint density at radius 3 is 2.63 bits per heavy atom. The van der Waals surface area contributed by atoms with Crippen molar-refractivity contribution in [3.05, 3.63) is 94.0 Å². The molecule has 2 aromatic heterocycles. The molecule has 1 aromatic carbocycles. The summed E-state index contributed by atoms with van der Waals surface area (Å²) in [6.07, 6.45) is 6.96. The average Bonchev–Trinajstić information content (AvgIpc) is 2.99. The standard InChI is InChI=1S/C32H41N5O4/c1-24(25-10-3-2-4-11-25)31(39)35-28(32(40)41)17-21-36(22-23-37-20-8-6-14-29(37)38)19-7-5-13-27-16-15-26-12-9-18-33-30(26)34-27/h2-4,6,8,10-11,14-16,20,24,28H,5,7,9,12-13,17-19,21-23H2,1H3,(H,33,34)(H,35,39)(H,40,41). The van der Waals surface area contributed by atoms with Crippen LogP contribution in [0.25, 0.3) is 0 Å². The van der Waals surface area contributed by atoms with Gasteiger partial charge in [-0.15, -0.1) is 0 Å². The first-order valence-corrected chi connectivity index (χ1v) is 14.6. The highest BCUT2D eigenvalue weighted by molar-refractivity contribution is 5.87. The van der Waals surface area contributed by atoms with E-state index in [-0.39, 0.29) is 17.9 Å². The summed E-state index contributed by atoms with van der Waals surface area (Å²) in [5.74, 6) is -0.804. The van der Waals surface area contributed by atoms with Gasteiger partial charge in [0, 0.05) is 44.1 Å². The van der Waals surface area contributed by atoms with E-state index in [0.29, 0.717) is 19.6 Å². The monoisotopic (exact) mass is 559 g/mol. The van der Waals surface area contributed by atoms with Crippen molar-refractivity contribution in [2.45, 2.75) is 64.0 Å². The van der Waals surface area contributed by atoms with Crippen LogP contribution < -0.4 is 16.2 Å². The molecule has 1 aliphatic rings. The fourth-order valence-corrected chi connectivity index (χ4v) is 5.14. The summed E-state index contributed by atoms with van der Waals surface area (Å²) >= 11 is 0. The van der Waals surface area contributed by atoms with Crippen molar-refractivity contribution in [2.75, 3.05) is 31.5 Å². The third-order valence-electron chi connectivity index (χ3n) is 7.71. The van der Waals surface area contributed by atoms with Crippen molar-refractivity contribution in [3.63, 3.8) is 0 Å². The van der Waals surface area contributed by atoms with E-state index in [9.17, 15) is 19.5 Å². The quantitative estimate of drug-likeness (QED) is 0.243. The molecule has 0 radical (unpaired) electrons. The largest absolute Gasteiger partial charge is 0.480 e. The molecule has 0 saturated carbocycles. The highest BCUT2D eigenvalue weighted by Crippen LogP contribution is 2.20. The Labute approximate surface area is 241 Å². The van der Waals surface area contributed by atoms with E-state index < -0.39 is 17.9 Å². The van der Waals surface area contributed by atoms with Crippen LogP contribution in [0.5, 0.6) is 0 Å². The number of aliphatic carboxylic acids is 1. The van der Waals surface area contributed by atoms with Crippen LogP contribution in [0, 0.1) is 0 Å². The van der Waals surface area contributed by atoms with Gasteiger partial charge in [-0.1, -0.05) is 42.5 Å². The van der Waals surface area contributed by atoms with Gasteiger partial charge in [0.1, 0.15) is 11.9 Å². The highest BCUT2D eigenvalue weighted by atomic mass is 16.4. The number of amides is 1. The van der Waals surface area contributed by atoms with Crippen LogP contribution in [-0.4, -0.2) is 63.7 Å². The number of rotatable bonds is 15. The number of carbonyl (C=O) groups excluding carboxylic acids is 1. The molecule has 0 fully saturated rings. The molecule has 0 saturated heterocycles. The maximum atomic E-state index is 12.8.